The smallest absolute Gasteiger partial charge is 0.254 e. The predicted octanol–water partition coefficient (Wildman–Crippen LogP) is -0.652. The van der Waals surface area contributed by atoms with Gasteiger partial charge in [0.25, 0.3) is 5.91 Å². The number of benzene rings is 1. The molecule has 0 aliphatic rings. The van der Waals surface area contributed by atoms with Crippen LogP contribution in [-0.2, 0) is 11.2 Å². The molecule has 1 amide bonds. The van der Waals surface area contributed by atoms with Gasteiger partial charge in [-0.15, -0.1) is 0 Å². The molecule has 0 aromatic heterocycles. The van der Waals surface area contributed by atoms with E-state index in [1.165, 1.54) is 19.1 Å². The highest BCUT2D eigenvalue weighted by molar-refractivity contribution is 5.85. The Labute approximate surface area is 92.8 Å². The molecular formula is C10H15N3O3. The SMILES string of the molecule is CC(N)(Cc1ccc(O)c(O)c1)C(=O)NN. The second-order valence-electron chi connectivity index (χ2n) is 3.89. The summed E-state index contributed by atoms with van der Waals surface area (Å²) in [5, 5.41) is 18.4. The zero-order chi connectivity index (χ0) is 12.3. The van der Waals surface area contributed by atoms with Crippen LogP contribution in [0.3, 0.4) is 0 Å². The molecule has 6 heteroatoms. The molecule has 0 saturated carbocycles. The summed E-state index contributed by atoms with van der Waals surface area (Å²) in [6.45, 7) is 1.53. The van der Waals surface area contributed by atoms with Gasteiger partial charge in [-0.1, -0.05) is 6.07 Å². The van der Waals surface area contributed by atoms with Gasteiger partial charge in [0.2, 0.25) is 0 Å². The summed E-state index contributed by atoms with van der Waals surface area (Å²) in [6.07, 6.45) is 0.198. The lowest BCUT2D eigenvalue weighted by Crippen LogP contribution is -2.55. The fourth-order valence-electron chi connectivity index (χ4n) is 1.35. The predicted molar refractivity (Wildman–Crippen MR) is 58.4 cm³/mol. The van der Waals surface area contributed by atoms with E-state index in [1.807, 2.05) is 5.43 Å². The van der Waals surface area contributed by atoms with E-state index in [1.54, 1.807) is 6.07 Å². The molecular weight excluding hydrogens is 210 g/mol. The van der Waals surface area contributed by atoms with Crippen LogP contribution in [0, 0.1) is 0 Å². The van der Waals surface area contributed by atoms with Gasteiger partial charge < -0.3 is 15.9 Å². The minimum Gasteiger partial charge on any atom is -0.504 e. The summed E-state index contributed by atoms with van der Waals surface area (Å²) in [6, 6.07) is 4.26. The topological polar surface area (TPSA) is 122 Å². The molecule has 88 valence electrons. The zero-order valence-electron chi connectivity index (χ0n) is 8.90. The van der Waals surface area contributed by atoms with Gasteiger partial charge in [-0.25, -0.2) is 5.84 Å². The second kappa shape index (κ2) is 4.38. The number of hydrazine groups is 1. The highest BCUT2D eigenvalue weighted by Crippen LogP contribution is 2.26. The molecule has 0 bridgehead atoms. The summed E-state index contributed by atoms with van der Waals surface area (Å²) < 4.78 is 0. The molecule has 7 N–H and O–H groups in total. The van der Waals surface area contributed by atoms with Crippen LogP contribution in [-0.4, -0.2) is 21.7 Å². The first-order valence-electron chi connectivity index (χ1n) is 4.67. The van der Waals surface area contributed by atoms with Crippen molar-refractivity contribution in [2.24, 2.45) is 11.6 Å². The lowest BCUT2D eigenvalue weighted by Gasteiger charge is -2.22. The Bertz CT molecular complexity index is 404. The summed E-state index contributed by atoms with van der Waals surface area (Å²) in [5.41, 5.74) is 7.19. The lowest BCUT2D eigenvalue weighted by atomic mass is 9.93. The Kier molecular flexibility index (Phi) is 3.36. The number of carbonyl (C=O) groups excluding carboxylic acids is 1. The van der Waals surface area contributed by atoms with E-state index in [9.17, 15) is 9.90 Å². The van der Waals surface area contributed by atoms with Crippen LogP contribution in [0.25, 0.3) is 0 Å². The number of phenols is 2. The number of nitrogens with one attached hydrogen (secondary N) is 1. The number of phenolic OH excluding ortho intramolecular Hbond substituents is 2. The number of hydrogen-bond donors (Lipinski definition) is 5. The fourth-order valence-corrected chi connectivity index (χ4v) is 1.35. The van der Waals surface area contributed by atoms with Crippen LogP contribution < -0.4 is 17.0 Å². The van der Waals surface area contributed by atoms with E-state index in [2.05, 4.69) is 0 Å². The number of amides is 1. The van der Waals surface area contributed by atoms with Crippen LogP contribution in [0.5, 0.6) is 11.5 Å². The number of hydrogen-bond acceptors (Lipinski definition) is 5. The van der Waals surface area contributed by atoms with Crippen LogP contribution in [0.1, 0.15) is 12.5 Å². The molecule has 1 unspecified atom stereocenters. The van der Waals surface area contributed by atoms with Crippen molar-refractivity contribution >= 4 is 5.91 Å². The standard InChI is InChI=1S/C10H15N3O3/c1-10(11,9(16)13-12)5-6-2-3-7(14)8(15)4-6/h2-4,14-15H,5,11-12H2,1H3,(H,13,16). The molecule has 0 heterocycles. The minimum atomic E-state index is -1.17. The van der Waals surface area contributed by atoms with Crippen molar-refractivity contribution in [3.8, 4) is 11.5 Å². The molecule has 1 aromatic carbocycles. The maximum atomic E-state index is 11.3. The van der Waals surface area contributed by atoms with Gasteiger partial charge in [0.05, 0.1) is 5.54 Å². The van der Waals surface area contributed by atoms with Gasteiger partial charge in [0.1, 0.15) is 0 Å². The molecule has 0 fully saturated rings. The Balaban J connectivity index is 2.88. The molecule has 6 nitrogen and oxygen atoms in total. The van der Waals surface area contributed by atoms with Gasteiger partial charge in [0.15, 0.2) is 11.5 Å². The first-order chi connectivity index (χ1) is 7.36. The third kappa shape index (κ3) is 2.62. The van der Waals surface area contributed by atoms with E-state index >= 15 is 0 Å². The third-order valence-electron chi connectivity index (χ3n) is 2.26. The molecule has 0 aliphatic carbocycles. The number of carbonyl (C=O) groups is 1. The minimum absolute atomic E-state index is 0.198. The summed E-state index contributed by atoms with van der Waals surface area (Å²) in [5.74, 6) is 4.03. The van der Waals surface area contributed by atoms with E-state index in [4.69, 9.17) is 16.7 Å². The molecule has 1 rings (SSSR count). The molecule has 0 saturated heterocycles. The van der Waals surface area contributed by atoms with E-state index in [0.717, 1.165) is 0 Å². The summed E-state index contributed by atoms with van der Waals surface area (Å²) >= 11 is 0. The molecule has 1 aromatic rings. The summed E-state index contributed by atoms with van der Waals surface area (Å²) in [7, 11) is 0. The summed E-state index contributed by atoms with van der Waals surface area (Å²) in [4.78, 5) is 11.3. The lowest BCUT2D eigenvalue weighted by molar-refractivity contribution is -0.125. The van der Waals surface area contributed by atoms with E-state index in [0.29, 0.717) is 5.56 Å². The first-order valence-corrected chi connectivity index (χ1v) is 4.67. The molecule has 1 atom stereocenters. The van der Waals surface area contributed by atoms with Gasteiger partial charge in [-0.2, -0.15) is 0 Å². The Morgan fingerprint density at radius 2 is 2.06 bits per heavy atom. The maximum absolute atomic E-state index is 11.3. The highest BCUT2D eigenvalue weighted by Gasteiger charge is 2.28. The molecule has 0 radical (unpaired) electrons. The number of aromatic hydroxyl groups is 2. The number of rotatable bonds is 3. The van der Waals surface area contributed by atoms with Crippen molar-refractivity contribution in [3.05, 3.63) is 23.8 Å². The zero-order valence-corrected chi connectivity index (χ0v) is 8.90. The number of nitrogens with two attached hydrogens (primary N) is 2. The van der Waals surface area contributed by atoms with Crippen molar-refractivity contribution < 1.29 is 15.0 Å². The van der Waals surface area contributed by atoms with Crippen molar-refractivity contribution in [3.63, 3.8) is 0 Å². The van der Waals surface area contributed by atoms with Crippen molar-refractivity contribution in [1.29, 1.82) is 0 Å². The largest absolute Gasteiger partial charge is 0.504 e. The second-order valence-corrected chi connectivity index (χ2v) is 3.89. The van der Waals surface area contributed by atoms with Gasteiger partial charge in [0, 0.05) is 0 Å². The highest BCUT2D eigenvalue weighted by atomic mass is 16.3. The average molecular weight is 225 g/mol. The maximum Gasteiger partial charge on any atom is 0.254 e. The van der Waals surface area contributed by atoms with Crippen LogP contribution >= 0.6 is 0 Å². The first kappa shape index (κ1) is 12.3. The Morgan fingerprint density at radius 3 is 2.56 bits per heavy atom. The van der Waals surface area contributed by atoms with Gasteiger partial charge in [-0.3, -0.25) is 10.2 Å². The fraction of sp³-hybridized carbons (Fsp3) is 0.300. The van der Waals surface area contributed by atoms with Crippen molar-refractivity contribution in [1.82, 2.24) is 5.43 Å². The molecule has 16 heavy (non-hydrogen) atoms. The van der Waals surface area contributed by atoms with Gasteiger partial charge in [-0.05, 0) is 31.0 Å². The molecule has 0 spiro atoms. The van der Waals surface area contributed by atoms with Crippen LogP contribution in [0.4, 0.5) is 0 Å². The average Bonchev–Trinajstić information content (AvgIpc) is 2.22. The third-order valence-corrected chi connectivity index (χ3v) is 2.26. The van der Waals surface area contributed by atoms with E-state index in [-0.39, 0.29) is 17.9 Å². The van der Waals surface area contributed by atoms with Gasteiger partial charge >= 0.3 is 0 Å². The monoisotopic (exact) mass is 225 g/mol. The van der Waals surface area contributed by atoms with Crippen LogP contribution in [0.15, 0.2) is 18.2 Å². The van der Waals surface area contributed by atoms with E-state index < -0.39 is 11.4 Å². The Hall–Kier alpha value is -1.79. The Morgan fingerprint density at radius 1 is 1.44 bits per heavy atom. The quantitative estimate of drug-likeness (QED) is 0.202. The van der Waals surface area contributed by atoms with Crippen molar-refractivity contribution in [2.75, 3.05) is 0 Å². The molecule has 0 aliphatic heterocycles. The van der Waals surface area contributed by atoms with Crippen molar-refractivity contribution in [2.45, 2.75) is 18.9 Å². The normalized spacial score (nSPS) is 14.2. The van der Waals surface area contributed by atoms with Crippen LogP contribution in [0.2, 0.25) is 0 Å².